The van der Waals surface area contributed by atoms with Crippen LogP contribution < -0.4 is 0 Å². The monoisotopic (exact) mass is 214 g/mol. The molecule has 84 valence electrons. The van der Waals surface area contributed by atoms with E-state index in [4.69, 9.17) is 0 Å². The molecule has 0 aliphatic rings. The van der Waals surface area contributed by atoms with Gasteiger partial charge in [0.15, 0.2) is 5.78 Å². The van der Waals surface area contributed by atoms with Crippen molar-refractivity contribution in [1.29, 1.82) is 0 Å². The van der Waals surface area contributed by atoms with E-state index in [9.17, 15) is 4.79 Å². The number of carbonyl (C=O) groups is 1. The van der Waals surface area contributed by atoms with E-state index in [1.54, 1.807) is 6.92 Å². The zero-order valence-electron chi connectivity index (χ0n) is 10.2. The second-order valence-electron chi connectivity index (χ2n) is 3.86. The van der Waals surface area contributed by atoms with Crippen molar-refractivity contribution in [2.75, 3.05) is 0 Å². The molecule has 0 amide bonds. The number of allylic oxidation sites excluding steroid dienone is 3. The zero-order valence-corrected chi connectivity index (χ0v) is 10.2. The number of aryl methyl sites for hydroxylation is 1. The Labute approximate surface area is 97.5 Å². The molecule has 1 heteroatoms. The van der Waals surface area contributed by atoms with Crippen molar-refractivity contribution < 1.29 is 4.79 Å². The van der Waals surface area contributed by atoms with E-state index in [0.29, 0.717) is 0 Å². The molecule has 0 saturated carbocycles. The predicted molar refractivity (Wildman–Crippen MR) is 69.6 cm³/mol. The highest BCUT2D eigenvalue weighted by Crippen LogP contribution is 2.26. The van der Waals surface area contributed by atoms with Crippen molar-refractivity contribution in [3.05, 3.63) is 53.6 Å². The Morgan fingerprint density at radius 2 is 2.12 bits per heavy atom. The van der Waals surface area contributed by atoms with Gasteiger partial charge in [0.1, 0.15) is 0 Å². The summed E-state index contributed by atoms with van der Waals surface area (Å²) in [7, 11) is 0. The minimum Gasteiger partial charge on any atom is -0.294 e. The van der Waals surface area contributed by atoms with Crippen LogP contribution in [-0.2, 0) is 0 Å². The lowest BCUT2D eigenvalue weighted by atomic mass is 9.91. The summed E-state index contributed by atoms with van der Waals surface area (Å²) in [6, 6.07) is 5.85. The van der Waals surface area contributed by atoms with Gasteiger partial charge in [-0.1, -0.05) is 30.4 Å². The van der Waals surface area contributed by atoms with Crippen molar-refractivity contribution in [2.24, 2.45) is 0 Å². The molecule has 0 bridgehead atoms. The van der Waals surface area contributed by atoms with E-state index in [1.165, 1.54) is 5.57 Å². The van der Waals surface area contributed by atoms with Gasteiger partial charge in [-0.25, -0.2) is 0 Å². The average Bonchev–Trinajstić information content (AvgIpc) is 2.26. The molecule has 0 aliphatic carbocycles. The number of rotatable bonds is 4. The Hall–Kier alpha value is -1.63. The minimum absolute atomic E-state index is 0.113. The summed E-state index contributed by atoms with van der Waals surface area (Å²) in [5.41, 5.74) is 4.17. The van der Waals surface area contributed by atoms with Crippen LogP contribution >= 0.6 is 0 Å². The third-order valence-electron chi connectivity index (χ3n) is 2.69. The van der Waals surface area contributed by atoms with Crippen molar-refractivity contribution >= 4 is 11.4 Å². The first kappa shape index (κ1) is 12.4. The zero-order chi connectivity index (χ0) is 12.1. The fraction of sp³-hybridized carbons (Fsp3) is 0.267. The molecule has 0 spiro atoms. The Balaban J connectivity index is 3.40. The van der Waals surface area contributed by atoms with E-state index in [2.05, 4.69) is 12.7 Å². The Morgan fingerprint density at radius 3 is 2.62 bits per heavy atom. The number of benzene rings is 1. The number of Topliss-reactive ketones (excluding diaryl/α,β-unsaturated/α-hetero) is 1. The van der Waals surface area contributed by atoms with Gasteiger partial charge in [0, 0.05) is 5.56 Å². The molecule has 0 radical (unpaired) electrons. The fourth-order valence-corrected chi connectivity index (χ4v) is 1.91. The topological polar surface area (TPSA) is 17.1 Å². The second kappa shape index (κ2) is 5.45. The van der Waals surface area contributed by atoms with Crippen LogP contribution in [0, 0.1) is 6.92 Å². The molecule has 1 aromatic carbocycles. The quantitative estimate of drug-likeness (QED) is 0.543. The molecule has 0 aliphatic heterocycles. The van der Waals surface area contributed by atoms with Crippen molar-refractivity contribution in [3.63, 3.8) is 0 Å². The van der Waals surface area contributed by atoms with Crippen molar-refractivity contribution in [2.45, 2.75) is 27.2 Å². The first-order valence-electron chi connectivity index (χ1n) is 5.48. The molecular formula is C15H18O. The van der Waals surface area contributed by atoms with Gasteiger partial charge >= 0.3 is 0 Å². The number of ketones is 1. The highest BCUT2D eigenvalue weighted by atomic mass is 16.1. The molecule has 0 aromatic heterocycles. The van der Waals surface area contributed by atoms with Gasteiger partial charge in [0.25, 0.3) is 0 Å². The summed E-state index contributed by atoms with van der Waals surface area (Å²) >= 11 is 0. The van der Waals surface area contributed by atoms with Crippen LogP contribution in [0.5, 0.6) is 0 Å². The van der Waals surface area contributed by atoms with Gasteiger partial charge in [-0.2, -0.15) is 0 Å². The van der Waals surface area contributed by atoms with Gasteiger partial charge in [0.2, 0.25) is 0 Å². The van der Waals surface area contributed by atoms with Crippen molar-refractivity contribution in [1.82, 2.24) is 0 Å². The summed E-state index contributed by atoms with van der Waals surface area (Å²) in [6.45, 7) is 9.39. The van der Waals surface area contributed by atoms with Crippen LogP contribution in [0.2, 0.25) is 0 Å². The average molecular weight is 214 g/mol. The van der Waals surface area contributed by atoms with Gasteiger partial charge in [0.05, 0.1) is 0 Å². The maximum atomic E-state index is 11.6. The lowest BCUT2D eigenvalue weighted by Gasteiger charge is -2.13. The maximum absolute atomic E-state index is 11.6. The molecule has 0 unspecified atom stereocenters. The minimum atomic E-state index is 0.113. The van der Waals surface area contributed by atoms with Crippen LogP contribution in [0.4, 0.5) is 0 Å². The third-order valence-corrected chi connectivity index (χ3v) is 2.69. The molecule has 0 saturated heterocycles. The molecule has 0 atom stereocenters. The maximum Gasteiger partial charge on any atom is 0.160 e. The first-order chi connectivity index (χ1) is 7.61. The highest BCUT2D eigenvalue weighted by molar-refractivity contribution is 5.99. The Morgan fingerprint density at radius 1 is 1.44 bits per heavy atom. The summed E-state index contributed by atoms with van der Waals surface area (Å²) < 4.78 is 0. The predicted octanol–water partition coefficient (Wildman–Crippen LogP) is 4.18. The van der Waals surface area contributed by atoms with E-state index in [0.717, 1.165) is 23.1 Å². The summed E-state index contributed by atoms with van der Waals surface area (Å²) in [5.74, 6) is 0.113. The molecule has 0 N–H and O–H groups in total. The van der Waals surface area contributed by atoms with Crippen LogP contribution in [0.25, 0.3) is 5.57 Å². The fourth-order valence-electron chi connectivity index (χ4n) is 1.91. The standard InChI is InChI=1S/C15H18O/c1-5-8-13(6-2)15-11(3)9-7-10-14(15)12(4)16/h5-7,9-10H,1,8H2,2-4H3/b13-6-. The second-order valence-corrected chi connectivity index (χ2v) is 3.86. The molecule has 0 fully saturated rings. The van der Waals surface area contributed by atoms with Crippen LogP contribution in [0.1, 0.15) is 41.8 Å². The summed E-state index contributed by atoms with van der Waals surface area (Å²) in [5, 5.41) is 0. The van der Waals surface area contributed by atoms with E-state index < -0.39 is 0 Å². The molecule has 0 heterocycles. The van der Waals surface area contributed by atoms with Crippen LogP contribution in [0.15, 0.2) is 36.9 Å². The lowest BCUT2D eigenvalue weighted by molar-refractivity contribution is 0.101. The number of hydrogen-bond donors (Lipinski definition) is 0. The number of carbonyl (C=O) groups excluding carboxylic acids is 1. The highest BCUT2D eigenvalue weighted by Gasteiger charge is 2.11. The van der Waals surface area contributed by atoms with Gasteiger partial charge < -0.3 is 0 Å². The van der Waals surface area contributed by atoms with E-state index in [-0.39, 0.29) is 5.78 Å². The third kappa shape index (κ3) is 2.48. The normalized spacial score (nSPS) is 11.3. The largest absolute Gasteiger partial charge is 0.294 e. The SMILES string of the molecule is C=CC/C(=C/C)c1c(C)cccc1C(C)=O. The summed E-state index contributed by atoms with van der Waals surface area (Å²) in [6.07, 6.45) is 4.71. The Bertz CT molecular complexity index is 439. The molecule has 16 heavy (non-hydrogen) atoms. The first-order valence-corrected chi connectivity index (χ1v) is 5.48. The Kier molecular flexibility index (Phi) is 4.24. The van der Waals surface area contributed by atoms with Gasteiger partial charge in [-0.15, -0.1) is 6.58 Å². The molecule has 1 aromatic rings. The van der Waals surface area contributed by atoms with Gasteiger partial charge in [-0.05, 0) is 43.9 Å². The number of hydrogen-bond acceptors (Lipinski definition) is 1. The van der Waals surface area contributed by atoms with Crippen LogP contribution in [0.3, 0.4) is 0 Å². The molecule has 1 nitrogen and oxygen atoms in total. The molecular weight excluding hydrogens is 196 g/mol. The lowest BCUT2D eigenvalue weighted by Crippen LogP contribution is -2.01. The summed E-state index contributed by atoms with van der Waals surface area (Å²) in [4.78, 5) is 11.6. The van der Waals surface area contributed by atoms with E-state index >= 15 is 0 Å². The smallest absolute Gasteiger partial charge is 0.160 e. The van der Waals surface area contributed by atoms with E-state index in [1.807, 2.05) is 38.1 Å². The van der Waals surface area contributed by atoms with Crippen LogP contribution in [-0.4, -0.2) is 5.78 Å². The van der Waals surface area contributed by atoms with Gasteiger partial charge in [-0.3, -0.25) is 4.79 Å². The molecule has 1 rings (SSSR count). The van der Waals surface area contributed by atoms with Crippen molar-refractivity contribution in [3.8, 4) is 0 Å².